The van der Waals surface area contributed by atoms with Gasteiger partial charge in [-0.25, -0.2) is 0 Å². The van der Waals surface area contributed by atoms with Crippen molar-refractivity contribution in [2.75, 3.05) is 7.11 Å². The summed E-state index contributed by atoms with van der Waals surface area (Å²) in [5, 5.41) is 18.3. The van der Waals surface area contributed by atoms with Crippen LogP contribution in [0.4, 0.5) is 0 Å². The molecular formula is C9H17N3O3. The van der Waals surface area contributed by atoms with Crippen LogP contribution in [0.5, 0.6) is 6.01 Å². The third kappa shape index (κ3) is 2.11. The van der Waals surface area contributed by atoms with Crippen molar-refractivity contribution in [1.29, 1.82) is 0 Å². The summed E-state index contributed by atoms with van der Waals surface area (Å²) in [6.07, 6.45) is 0.375. The molecule has 4 N–H and O–H groups in total. The molecule has 0 aliphatic rings. The molecule has 0 fully saturated rings. The van der Waals surface area contributed by atoms with E-state index in [2.05, 4.69) is 4.98 Å². The SMILES string of the molecule is CCC(N)n1c(OC)nc(CO)c1CO. The maximum absolute atomic E-state index is 9.20. The van der Waals surface area contributed by atoms with Crippen LogP contribution in [0, 0.1) is 0 Å². The highest BCUT2D eigenvalue weighted by atomic mass is 16.5. The Balaban J connectivity index is 3.24. The smallest absolute Gasteiger partial charge is 0.297 e. The lowest BCUT2D eigenvalue weighted by Crippen LogP contribution is -2.20. The second-order valence-corrected chi connectivity index (χ2v) is 3.15. The van der Waals surface area contributed by atoms with Crippen molar-refractivity contribution >= 4 is 0 Å². The second-order valence-electron chi connectivity index (χ2n) is 3.15. The molecule has 0 aliphatic heterocycles. The van der Waals surface area contributed by atoms with Crippen molar-refractivity contribution in [3.63, 3.8) is 0 Å². The molecule has 0 aromatic carbocycles. The molecule has 1 atom stereocenters. The van der Waals surface area contributed by atoms with Crippen molar-refractivity contribution in [3.8, 4) is 6.01 Å². The first kappa shape index (κ1) is 12.0. The van der Waals surface area contributed by atoms with Crippen LogP contribution in [0.25, 0.3) is 0 Å². The molecule has 1 aromatic heterocycles. The summed E-state index contributed by atoms with van der Waals surface area (Å²) >= 11 is 0. The van der Waals surface area contributed by atoms with E-state index in [4.69, 9.17) is 15.6 Å². The zero-order valence-corrected chi connectivity index (χ0v) is 8.97. The summed E-state index contributed by atoms with van der Waals surface area (Å²) in [5.41, 5.74) is 6.77. The lowest BCUT2D eigenvalue weighted by atomic mass is 10.3. The molecule has 0 amide bonds. The summed E-state index contributed by atoms with van der Waals surface area (Å²) in [4.78, 5) is 4.04. The van der Waals surface area contributed by atoms with Gasteiger partial charge in [-0.1, -0.05) is 6.92 Å². The summed E-state index contributed by atoms with van der Waals surface area (Å²) in [6.45, 7) is 1.46. The first-order valence-electron chi connectivity index (χ1n) is 4.80. The molecule has 0 saturated heterocycles. The third-order valence-electron chi connectivity index (χ3n) is 2.29. The number of aromatic nitrogens is 2. The number of aliphatic hydroxyl groups excluding tert-OH is 2. The summed E-state index contributed by atoms with van der Waals surface area (Å²) < 4.78 is 6.65. The highest BCUT2D eigenvalue weighted by Gasteiger charge is 2.19. The Hall–Kier alpha value is -1.11. The van der Waals surface area contributed by atoms with Gasteiger partial charge in [-0.15, -0.1) is 0 Å². The fourth-order valence-electron chi connectivity index (χ4n) is 1.45. The largest absolute Gasteiger partial charge is 0.468 e. The van der Waals surface area contributed by atoms with Gasteiger partial charge in [0, 0.05) is 0 Å². The van der Waals surface area contributed by atoms with Crippen LogP contribution in [0.15, 0.2) is 0 Å². The van der Waals surface area contributed by atoms with Crippen LogP contribution in [-0.4, -0.2) is 26.9 Å². The van der Waals surface area contributed by atoms with E-state index in [1.54, 1.807) is 4.57 Å². The maximum Gasteiger partial charge on any atom is 0.297 e. The van der Waals surface area contributed by atoms with Gasteiger partial charge in [-0.2, -0.15) is 4.98 Å². The standard InChI is InChI=1S/C9H17N3O3/c1-3-8(10)12-7(5-14)6(4-13)11-9(12)15-2/h8,13-14H,3-5,10H2,1-2H3. The van der Waals surface area contributed by atoms with Crippen molar-refractivity contribution < 1.29 is 14.9 Å². The van der Waals surface area contributed by atoms with Gasteiger partial charge in [0.15, 0.2) is 0 Å². The van der Waals surface area contributed by atoms with Gasteiger partial charge >= 0.3 is 0 Å². The molecule has 86 valence electrons. The van der Waals surface area contributed by atoms with E-state index in [1.807, 2.05) is 6.92 Å². The van der Waals surface area contributed by atoms with Crippen molar-refractivity contribution in [3.05, 3.63) is 11.4 Å². The molecule has 15 heavy (non-hydrogen) atoms. The maximum atomic E-state index is 9.20. The fourth-order valence-corrected chi connectivity index (χ4v) is 1.45. The molecule has 1 aromatic rings. The molecular weight excluding hydrogens is 198 g/mol. The van der Waals surface area contributed by atoms with Crippen LogP contribution in [0.2, 0.25) is 0 Å². The van der Waals surface area contributed by atoms with Crippen LogP contribution in [0.1, 0.15) is 30.9 Å². The number of ether oxygens (including phenoxy) is 1. The minimum Gasteiger partial charge on any atom is -0.468 e. The number of hydrogen-bond donors (Lipinski definition) is 3. The number of imidazole rings is 1. The average molecular weight is 215 g/mol. The van der Waals surface area contributed by atoms with E-state index in [0.29, 0.717) is 23.8 Å². The summed E-state index contributed by atoms with van der Waals surface area (Å²) in [5.74, 6) is 0. The zero-order valence-electron chi connectivity index (χ0n) is 8.97. The van der Waals surface area contributed by atoms with Crippen LogP contribution in [-0.2, 0) is 13.2 Å². The topological polar surface area (TPSA) is 93.5 Å². The number of aliphatic hydroxyl groups is 2. The van der Waals surface area contributed by atoms with E-state index in [-0.39, 0.29) is 19.4 Å². The number of nitrogens with zero attached hydrogens (tertiary/aromatic N) is 2. The molecule has 0 bridgehead atoms. The van der Waals surface area contributed by atoms with Gasteiger partial charge in [0.05, 0.1) is 37.9 Å². The first-order chi connectivity index (χ1) is 7.19. The minimum absolute atomic E-state index is 0.222. The first-order valence-corrected chi connectivity index (χ1v) is 4.80. The third-order valence-corrected chi connectivity index (χ3v) is 2.29. The molecule has 0 aliphatic carbocycles. The molecule has 1 unspecified atom stereocenters. The van der Waals surface area contributed by atoms with Crippen molar-refractivity contribution in [2.24, 2.45) is 5.73 Å². The highest BCUT2D eigenvalue weighted by molar-refractivity contribution is 5.20. The van der Waals surface area contributed by atoms with E-state index >= 15 is 0 Å². The van der Waals surface area contributed by atoms with Crippen LogP contribution >= 0.6 is 0 Å². The monoisotopic (exact) mass is 215 g/mol. The van der Waals surface area contributed by atoms with Gasteiger partial charge < -0.3 is 20.7 Å². The Bertz CT molecular complexity index is 325. The van der Waals surface area contributed by atoms with Crippen LogP contribution < -0.4 is 10.5 Å². The van der Waals surface area contributed by atoms with Gasteiger partial charge in [0.2, 0.25) is 0 Å². The molecule has 1 rings (SSSR count). The van der Waals surface area contributed by atoms with Gasteiger partial charge in [-0.3, -0.25) is 4.57 Å². The van der Waals surface area contributed by atoms with Crippen molar-refractivity contribution in [2.45, 2.75) is 32.7 Å². The predicted octanol–water partition coefficient (Wildman–Crippen LogP) is -0.256. The molecule has 0 radical (unpaired) electrons. The molecule has 1 heterocycles. The number of hydrogen-bond acceptors (Lipinski definition) is 5. The van der Waals surface area contributed by atoms with Gasteiger partial charge in [0.25, 0.3) is 6.01 Å². The molecule has 0 saturated carbocycles. The Labute approximate surface area is 88.3 Å². The van der Waals surface area contributed by atoms with Crippen LogP contribution in [0.3, 0.4) is 0 Å². The van der Waals surface area contributed by atoms with E-state index < -0.39 is 0 Å². The van der Waals surface area contributed by atoms with E-state index in [9.17, 15) is 5.11 Å². The van der Waals surface area contributed by atoms with Gasteiger partial charge in [0.1, 0.15) is 0 Å². The Kier molecular flexibility index (Phi) is 4.07. The quantitative estimate of drug-likeness (QED) is 0.629. The molecule has 6 heteroatoms. The van der Waals surface area contributed by atoms with E-state index in [0.717, 1.165) is 0 Å². The minimum atomic E-state index is -0.310. The Morgan fingerprint density at radius 2 is 2.13 bits per heavy atom. The number of rotatable bonds is 5. The lowest BCUT2D eigenvalue weighted by molar-refractivity contribution is 0.244. The zero-order chi connectivity index (χ0) is 11.4. The van der Waals surface area contributed by atoms with Gasteiger partial charge in [-0.05, 0) is 6.42 Å². The van der Waals surface area contributed by atoms with Crippen molar-refractivity contribution in [1.82, 2.24) is 9.55 Å². The normalized spacial score (nSPS) is 12.9. The average Bonchev–Trinajstić information content (AvgIpc) is 2.65. The summed E-state index contributed by atoms with van der Waals surface area (Å²) in [6, 6.07) is 0.317. The highest BCUT2D eigenvalue weighted by Crippen LogP contribution is 2.22. The molecule has 6 nitrogen and oxygen atoms in total. The van der Waals surface area contributed by atoms with E-state index in [1.165, 1.54) is 7.11 Å². The molecule has 0 spiro atoms. The number of nitrogens with two attached hydrogens (primary N) is 1. The number of methoxy groups -OCH3 is 1. The Morgan fingerprint density at radius 1 is 1.47 bits per heavy atom. The fraction of sp³-hybridized carbons (Fsp3) is 0.667. The lowest BCUT2D eigenvalue weighted by Gasteiger charge is -2.16. The Morgan fingerprint density at radius 3 is 2.53 bits per heavy atom. The summed E-state index contributed by atoms with van der Waals surface area (Å²) in [7, 11) is 1.48. The predicted molar refractivity (Wildman–Crippen MR) is 54.1 cm³/mol. The second kappa shape index (κ2) is 5.11.